The van der Waals surface area contributed by atoms with Gasteiger partial charge in [0.1, 0.15) is 17.5 Å². The summed E-state index contributed by atoms with van der Waals surface area (Å²) in [4.78, 5) is 13.5. The van der Waals surface area contributed by atoms with Gasteiger partial charge in [0.2, 0.25) is 11.8 Å². The first-order valence-corrected chi connectivity index (χ1v) is 12.1. The fourth-order valence-corrected chi connectivity index (χ4v) is 4.64. The summed E-state index contributed by atoms with van der Waals surface area (Å²) in [6.45, 7) is 5.99. The number of benzene rings is 1. The minimum absolute atomic E-state index is 0.243. The normalized spacial score (nSPS) is 18.2. The van der Waals surface area contributed by atoms with E-state index in [9.17, 15) is 0 Å². The van der Waals surface area contributed by atoms with Crippen molar-refractivity contribution in [1.29, 1.82) is 0 Å². The number of tetrazole rings is 1. The minimum atomic E-state index is 0.243. The van der Waals surface area contributed by atoms with E-state index in [-0.39, 0.29) is 17.9 Å². The van der Waals surface area contributed by atoms with Crippen LogP contribution in [0.5, 0.6) is 11.6 Å². The number of ether oxygens (including phenoxy) is 1. The smallest absolute Gasteiger partial charge is 0.233 e. The number of nitrogens with zero attached hydrogens (tertiary/aromatic N) is 10. The van der Waals surface area contributed by atoms with Crippen molar-refractivity contribution in [2.75, 3.05) is 0 Å². The third-order valence-corrected chi connectivity index (χ3v) is 6.64. The second-order valence-corrected chi connectivity index (χ2v) is 9.39. The average molecular weight is 487 g/mol. The van der Waals surface area contributed by atoms with E-state index in [0.717, 1.165) is 54.1 Å². The summed E-state index contributed by atoms with van der Waals surface area (Å²) in [5.41, 5.74) is 1.62. The van der Waals surface area contributed by atoms with Gasteiger partial charge >= 0.3 is 0 Å². The SMILES string of the molecule is Cc1nnnn1-c1ccc(Oc2ncnc3c2cnn3[C@H]2CC[C@H](c3nc(C(C)C)no3)CC2)cc1. The predicted octanol–water partition coefficient (Wildman–Crippen LogP) is 4.31. The molecule has 4 aromatic heterocycles. The molecule has 36 heavy (non-hydrogen) atoms. The first-order chi connectivity index (χ1) is 17.6. The van der Waals surface area contributed by atoms with Crippen LogP contribution in [0.4, 0.5) is 0 Å². The molecule has 12 heteroatoms. The van der Waals surface area contributed by atoms with Crippen molar-refractivity contribution in [2.24, 2.45) is 0 Å². The van der Waals surface area contributed by atoms with Crippen LogP contribution >= 0.6 is 0 Å². The van der Waals surface area contributed by atoms with Gasteiger partial charge in [0, 0.05) is 11.8 Å². The van der Waals surface area contributed by atoms with Crippen molar-refractivity contribution >= 4 is 11.0 Å². The Kier molecular flexibility index (Phi) is 5.62. The molecular formula is C24H26N10O2. The Morgan fingerprint density at radius 2 is 1.86 bits per heavy atom. The molecule has 0 spiro atoms. The Balaban J connectivity index is 1.17. The standard InChI is InChI=1S/C24H26N10O2/c1-14(2)21-28-23(36-30-21)16-4-6-18(7-5-16)34-22-20(12-27-34)24(26-13-25-22)35-19-10-8-17(9-11-19)33-15(3)29-31-32-33/h8-14,16,18H,4-7H2,1-3H3/t16-,18-. The summed E-state index contributed by atoms with van der Waals surface area (Å²) in [5, 5.41) is 21.2. The maximum Gasteiger partial charge on any atom is 0.233 e. The molecule has 0 aliphatic heterocycles. The van der Waals surface area contributed by atoms with Gasteiger partial charge in [-0.05, 0) is 67.3 Å². The Morgan fingerprint density at radius 1 is 1.06 bits per heavy atom. The van der Waals surface area contributed by atoms with Crippen molar-refractivity contribution < 1.29 is 9.26 Å². The number of hydrogen-bond donors (Lipinski definition) is 0. The average Bonchev–Trinajstić information content (AvgIpc) is 3.65. The molecule has 0 amide bonds. The van der Waals surface area contributed by atoms with Crippen LogP contribution in [-0.4, -0.2) is 50.1 Å². The molecule has 1 aliphatic rings. The van der Waals surface area contributed by atoms with E-state index in [0.29, 0.717) is 17.5 Å². The molecule has 1 saturated carbocycles. The third-order valence-electron chi connectivity index (χ3n) is 6.64. The molecule has 0 N–H and O–H groups in total. The van der Waals surface area contributed by atoms with Crippen LogP contribution in [0.3, 0.4) is 0 Å². The molecule has 0 saturated heterocycles. The summed E-state index contributed by atoms with van der Waals surface area (Å²) in [6, 6.07) is 7.75. The maximum atomic E-state index is 6.10. The molecule has 0 radical (unpaired) electrons. The molecule has 1 fully saturated rings. The van der Waals surface area contributed by atoms with E-state index in [1.165, 1.54) is 6.33 Å². The van der Waals surface area contributed by atoms with Crippen molar-refractivity contribution in [1.82, 2.24) is 50.1 Å². The lowest BCUT2D eigenvalue weighted by Gasteiger charge is -2.26. The van der Waals surface area contributed by atoms with Crippen LogP contribution in [0.1, 0.15) is 74.9 Å². The van der Waals surface area contributed by atoms with Gasteiger partial charge in [-0.25, -0.2) is 14.6 Å². The van der Waals surface area contributed by atoms with Crippen LogP contribution in [0.15, 0.2) is 41.3 Å². The topological polar surface area (TPSA) is 135 Å². The molecule has 184 valence electrons. The second kappa shape index (κ2) is 9.10. The highest BCUT2D eigenvalue weighted by atomic mass is 16.5. The molecule has 6 rings (SSSR count). The van der Waals surface area contributed by atoms with Crippen LogP contribution in [0.25, 0.3) is 16.7 Å². The molecule has 0 bridgehead atoms. The van der Waals surface area contributed by atoms with Crippen molar-refractivity contribution in [3.05, 3.63) is 54.3 Å². The minimum Gasteiger partial charge on any atom is -0.438 e. The number of rotatable bonds is 6. The Morgan fingerprint density at radius 3 is 2.56 bits per heavy atom. The van der Waals surface area contributed by atoms with E-state index < -0.39 is 0 Å². The van der Waals surface area contributed by atoms with Gasteiger partial charge in [-0.2, -0.15) is 14.8 Å². The lowest BCUT2D eigenvalue weighted by atomic mass is 9.86. The van der Waals surface area contributed by atoms with Crippen molar-refractivity contribution in [3.8, 4) is 17.3 Å². The van der Waals surface area contributed by atoms with Gasteiger partial charge in [-0.1, -0.05) is 19.0 Å². The van der Waals surface area contributed by atoms with Gasteiger partial charge in [0.25, 0.3) is 0 Å². The molecule has 1 aromatic carbocycles. The highest BCUT2D eigenvalue weighted by Crippen LogP contribution is 2.39. The zero-order valence-corrected chi connectivity index (χ0v) is 20.3. The lowest BCUT2D eigenvalue weighted by Crippen LogP contribution is -2.18. The molecule has 0 unspecified atom stereocenters. The molecule has 4 heterocycles. The first kappa shape index (κ1) is 22.3. The number of hydrogen-bond acceptors (Lipinski definition) is 10. The zero-order valence-electron chi connectivity index (χ0n) is 20.3. The Hall–Kier alpha value is -4.22. The van der Waals surface area contributed by atoms with Gasteiger partial charge in [-0.3, -0.25) is 0 Å². The largest absolute Gasteiger partial charge is 0.438 e. The Labute approximate surface area is 206 Å². The van der Waals surface area contributed by atoms with Gasteiger partial charge < -0.3 is 9.26 Å². The fraction of sp³-hybridized carbons (Fsp3) is 0.417. The van der Waals surface area contributed by atoms with E-state index in [1.807, 2.05) is 35.9 Å². The van der Waals surface area contributed by atoms with E-state index in [4.69, 9.17) is 9.26 Å². The van der Waals surface area contributed by atoms with Crippen molar-refractivity contribution in [3.63, 3.8) is 0 Å². The number of aromatic nitrogens is 10. The lowest BCUT2D eigenvalue weighted by molar-refractivity contribution is 0.263. The number of fused-ring (bicyclic) bond motifs is 1. The van der Waals surface area contributed by atoms with Gasteiger partial charge in [0.05, 0.1) is 17.9 Å². The zero-order chi connectivity index (χ0) is 24.6. The van der Waals surface area contributed by atoms with Gasteiger partial charge in [0.15, 0.2) is 17.3 Å². The third kappa shape index (κ3) is 4.08. The summed E-state index contributed by atoms with van der Waals surface area (Å²) in [7, 11) is 0. The van der Waals surface area contributed by atoms with E-state index in [2.05, 4.69) is 54.6 Å². The fourth-order valence-electron chi connectivity index (χ4n) is 4.64. The van der Waals surface area contributed by atoms with E-state index in [1.54, 1.807) is 10.9 Å². The molecule has 0 atom stereocenters. The van der Waals surface area contributed by atoms with Gasteiger partial charge in [-0.15, -0.1) is 5.10 Å². The molecule has 1 aliphatic carbocycles. The predicted molar refractivity (Wildman–Crippen MR) is 128 cm³/mol. The summed E-state index contributed by atoms with van der Waals surface area (Å²) < 4.78 is 15.3. The first-order valence-electron chi connectivity index (χ1n) is 12.1. The van der Waals surface area contributed by atoms with Crippen molar-refractivity contribution in [2.45, 2.75) is 64.3 Å². The summed E-state index contributed by atoms with van der Waals surface area (Å²) >= 11 is 0. The van der Waals surface area contributed by atoms with Crippen LogP contribution in [-0.2, 0) is 0 Å². The summed E-state index contributed by atoms with van der Waals surface area (Å²) in [5.74, 6) is 3.91. The highest BCUT2D eigenvalue weighted by molar-refractivity contribution is 5.80. The van der Waals surface area contributed by atoms with Crippen LogP contribution in [0, 0.1) is 6.92 Å². The van der Waals surface area contributed by atoms with Crippen LogP contribution in [0.2, 0.25) is 0 Å². The highest BCUT2D eigenvalue weighted by Gasteiger charge is 2.29. The number of aryl methyl sites for hydroxylation is 1. The monoisotopic (exact) mass is 486 g/mol. The second-order valence-electron chi connectivity index (χ2n) is 9.39. The van der Waals surface area contributed by atoms with Crippen LogP contribution < -0.4 is 4.74 Å². The summed E-state index contributed by atoms with van der Waals surface area (Å²) in [6.07, 6.45) is 7.15. The quantitative estimate of drug-likeness (QED) is 0.341. The molecule has 5 aromatic rings. The molecular weight excluding hydrogens is 460 g/mol. The molecule has 12 nitrogen and oxygen atoms in total. The Bertz CT molecular complexity index is 1480. The maximum absolute atomic E-state index is 6.10. The van der Waals surface area contributed by atoms with E-state index >= 15 is 0 Å².